The van der Waals surface area contributed by atoms with Gasteiger partial charge in [0.05, 0.1) is 36.3 Å². The molecule has 7 nitrogen and oxygen atoms in total. The molecule has 32 heavy (non-hydrogen) atoms. The summed E-state index contributed by atoms with van der Waals surface area (Å²) in [5.74, 6) is -0.499. The Kier molecular flexibility index (Phi) is 7.01. The van der Waals surface area contributed by atoms with Gasteiger partial charge in [-0.3, -0.25) is 14.0 Å². The summed E-state index contributed by atoms with van der Waals surface area (Å²) < 4.78 is 64.0. The second kappa shape index (κ2) is 9.39. The van der Waals surface area contributed by atoms with Crippen molar-refractivity contribution in [1.82, 2.24) is 4.90 Å². The molecular weight excluding hydrogens is 449 g/mol. The Balaban J connectivity index is 1.91. The first-order valence-corrected chi connectivity index (χ1v) is 11.5. The first kappa shape index (κ1) is 23.9. The predicted octanol–water partition coefficient (Wildman–Crippen LogP) is 4.68. The third-order valence-electron chi connectivity index (χ3n) is 5.08. The van der Waals surface area contributed by atoms with Crippen LogP contribution in [0.2, 0.25) is 0 Å². The molecule has 1 aliphatic heterocycles. The van der Waals surface area contributed by atoms with Gasteiger partial charge < -0.3 is 9.64 Å². The summed E-state index contributed by atoms with van der Waals surface area (Å²) in [6.07, 6.45) is -4.57. The maximum Gasteiger partial charge on any atom is 0.416 e. The minimum absolute atomic E-state index is 0.0169. The number of methoxy groups -OCH3 is 1. The van der Waals surface area contributed by atoms with Crippen LogP contribution in [-0.4, -0.2) is 57.7 Å². The van der Waals surface area contributed by atoms with Crippen molar-refractivity contribution in [3.05, 3.63) is 65.2 Å². The lowest BCUT2D eigenvalue weighted by Crippen LogP contribution is -2.48. The van der Waals surface area contributed by atoms with Gasteiger partial charge >= 0.3 is 18.2 Å². The molecule has 2 aromatic rings. The van der Waals surface area contributed by atoms with Gasteiger partial charge in [0.2, 0.25) is 0 Å². The fraction of sp³-hybridized carbons (Fsp3) is 0.333. The second-order valence-corrected chi connectivity index (χ2v) is 9.72. The summed E-state index contributed by atoms with van der Waals surface area (Å²) in [5.41, 5.74) is 0.0554. The number of halogens is 3. The molecule has 0 bridgehead atoms. The van der Waals surface area contributed by atoms with Crippen molar-refractivity contribution >= 4 is 28.3 Å². The van der Waals surface area contributed by atoms with E-state index in [0.717, 1.165) is 12.1 Å². The molecule has 2 aromatic carbocycles. The molecule has 1 heterocycles. The van der Waals surface area contributed by atoms with Gasteiger partial charge in [-0.25, -0.2) is 9.59 Å². The lowest BCUT2D eigenvalue weighted by atomic mass is 10.1. The summed E-state index contributed by atoms with van der Waals surface area (Å²) in [4.78, 5) is 27.5. The van der Waals surface area contributed by atoms with Crippen molar-refractivity contribution in [3.8, 4) is 0 Å². The molecule has 0 radical (unpaired) electrons. The lowest BCUT2D eigenvalue weighted by Gasteiger charge is -2.42. The molecule has 0 aromatic heterocycles. The van der Waals surface area contributed by atoms with Crippen LogP contribution in [0.4, 0.5) is 23.7 Å². The summed E-state index contributed by atoms with van der Waals surface area (Å²) >= 11 is 0. The number of urea groups is 1. The molecular formula is C21H23F3N2O5S. The van der Waals surface area contributed by atoms with Crippen LogP contribution < -0.4 is 4.90 Å². The Labute approximate surface area is 184 Å². The highest BCUT2D eigenvalue weighted by Gasteiger charge is 2.33. The molecule has 0 unspecified atom stereocenters. The SMILES string of the molecule is COC(=O)c1ccc(CN(C(=O)N2CCS(O)(O)CC2)c2cccc(C(F)(F)F)c2)cc1. The number of rotatable bonds is 4. The van der Waals surface area contributed by atoms with Crippen molar-refractivity contribution < 1.29 is 36.6 Å². The van der Waals surface area contributed by atoms with Gasteiger partial charge in [-0.2, -0.15) is 23.8 Å². The number of anilines is 1. The van der Waals surface area contributed by atoms with Crippen LogP contribution in [0, 0.1) is 0 Å². The maximum absolute atomic E-state index is 13.2. The number of hydrogen-bond donors (Lipinski definition) is 2. The number of amides is 2. The minimum atomic E-state index is -4.57. The predicted molar refractivity (Wildman–Crippen MR) is 115 cm³/mol. The van der Waals surface area contributed by atoms with E-state index in [-0.39, 0.29) is 36.8 Å². The topological polar surface area (TPSA) is 90.3 Å². The molecule has 2 N–H and O–H groups in total. The summed E-state index contributed by atoms with van der Waals surface area (Å²) in [7, 11) is -1.50. The third kappa shape index (κ3) is 5.72. The van der Waals surface area contributed by atoms with Crippen molar-refractivity contribution in [2.45, 2.75) is 12.7 Å². The summed E-state index contributed by atoms with van der Waals surface area (Å²) in [6, 6.07) is 10.1. The van der Waals surface area contributed by atoms with Crippen molar-refractivity contribution in [2.24, 2.45) is 0 Å². The van der Waals surface area contributed by atoms with E-state index in [2.05, 4.69) is 4.74 Å². The van der Waals surface area contributed by atoms with Crippen LogP contribution in [0.15, 0.2) is 48.5 Å². The average Bonchev–Trinajstić information content (AvgIpc) is 2.76. The van der Waals surface area contributed by atoms with E-state index in [1.165, 1.54) is 41.2 Å². The lowest BCUT2D eigenvalue weighted by molar-refractivity contribution is -0.137. The average molecular weight is 472 g/mol. The number of benzene rings is 2. The zero-order valence-electron chi connectivity index (χ0n) is 17.2. The smallest absolute Gasteiger partial charge is 0.416 e. The van der Waals surface area contributed by atoms with Gasteiger partial charge in [-0.05, 0) is 35.9 Å². The van der Waals surface area contributed by atoms with E-state index in [1.54, 1.807) is 12.1 Å². The Morgan fingerprint density at radius 2 is 1.72 bits per heavy atom. The zero-order chi connectivity index (χ0) is 23.5. The summed E-state index contributed by atoms with van der Waals surface area (Å²) in [6.45, 7) is 0.115. The number of hydrogen-bond acceptors (Lipinski definition) is 5. The van der Waals surface area contributed by atoms with E-state index in [4.69, 9.17) is 0 Å². The van der Waals surface area contributed by atoms with Gasteiger partial charge in [-0.1, -0.05) is 18.2 Å². The molecule has 0 saturated carbocycles. The van der Waals surface area contributed by atoms with E-state index in [9.17, 15) is 31.9 Å². The van der Waals surface area contributed by atoms with Crippen LogP contribution in [0.25, 0.3) is 0 Å². The van der Waals surface area contributed by atoms with Crippen molar-refractivity contribution in [2.75, 3.05) is 36.6 Å². The van der Waals surface area contributed by atoms with Gasteiger partial charge in [0.15, 0.2) is 0 Å². The molecule has 174 valence electrons. The molecule has 3 rings (SSSR count). The van der Waals surface area contributed by atoms with Crippen LogP contribution in [0.1, 0.15) is 21.5 Å². The Morgan fingerprint density at radius 3 is 2.28 bits per heavy atom. The van der Waals surface area contributed by atoms with Crippen molar-refractivity contribution in [3.63, 3.8) is 0 Å². The molecule has 11 heteroatoms. The number of carbonyl (C=O) groups excluding carboxylic acids is 2. The van der Waals surface area contributed by atoms with E-state index >= 15 is 0 Å². The fourth-order valence-corrected chi connectivity index (χ4v) is 4.48. The quantitative estimate of drug-likeness (QED) is 0.631. The Bertz CT molecular complexity index is 972. The Morgan fingerprint density at radius 1 is 1.09 bits per heavy atom. The standard InChI is InChI=1S/C21H23F3N2O5S/c1-31-19(27)16-7-5-15(6-8-16)14-26(18-4-2-3-17(13-18)21(22,23)24)20(28)25-9-11-32(29,30)12-10-25/h2-8,13,29-30H,9-12,14H2,1H3. The van der Waals surface area contributed by atoms with Gasteiger partial charge in [0, 0.05) is 18.8 Å². The zero-order valence-corrected chi connectivity index (χ0v) is 18.0. The highest BCUT2D eigenvalue weighted by molar-refractivity contribution is 8.24. The second-order valence-electron chi connectivity index (χ2n) is 7.30. The number of ether oxygens (including phenoxy) is 1. The van der Waals surface area contributed by atoms with Gasteiger partial charge in [0.1, 0.15) is 0 Å². The molecule has 1 fully saturated rings. The van der Waals surface area contributed by atoms with Crippen LogP contribution in [0.5, 0.6) is 0 Å². The number of esters is 1. The van der Waals surface area contributed by atoms with Crippen molar-refractivity contribution in [1.29, 1.82) is 0 Å². The first-order valence-electron chi connectivity index (χ1n) is 9.65. The van der Waals surface area contributed by atoms with Crippen LogP contribution in [-0.2, 0) is 17.5 Å². The fourth-order valence-electron chi connectivity index (χ4n) is 3.25. The highest BCUT2D eigenvalue weighted by atomic mass is 32.3. The molecule has 0 spiro atoms. The molecule has 0 atom stereocenters. The van der Waals surface area contributed by atoms with E-state index in [0.29, 0.717) is 11.1 Å². The molecule has 1 aliphatic rings. The molecule has 0 aliphatic carbocycles. The van der Waals surface area contributed by atoms with Crippen LogP contribution in [0.3, 0.4) is 0 Å². The van der Waals surface area contributed by atoms with Gasteiger partial charge in [-0.15, -0.1) is 0 Å². The first-order chi connectivity index (χ1) is 15.0. The highest BCUT2D eigenvalue weighted by Crippen LogP contribution is 2.40. The van der Waals surface area contributed by atoms with E-state index in [1.807, 2.05) is 0 Å². The third-order valence-corrected chi connectivity index (χ3v) is 6.75. The largest absolute Gasteiger partial charge is 0.465 e. The Hall–Kier alpha value is -2.76. The number of nitrogens with zero attached hydrogens (tertiary/aromatic N) is 2. The maximum atomic E-state index is 13.2. The number of alkyl halides is 3. The van der Waals surface area contributed by atoms with Crippen LogP contribution >= 0.6 is 10.6 Å². The minimum Gasteiger partial charge on any atom is -0.465 e. The summed E-state index contributed by atoms with van der Waals surface area (Å²) in [5, 5.41) is 0. The monoisotopic (exact) mass is 472 g/mol. The number of carbonyl (C=O) groups is 2. The van der Waals surface area contributed by atoms with E-state index < -0.39 is 34.3 Å². The normalized spacial score (nSPS) is 16.9. The van der Waals surface area contributed by atoms with Gasteiger partial charge in [0.25, 0.3) is 0 Å². The molecule has 2 amide bonds. The molecule has 1 saturated heterocycles.